The van der Waals surface area contributed by atoms with Crippen LogP contribution in [0, 0.1) is 5.92 Å². The maximum absolute atomic E-state index is 11.7. The molecule has 5 nitrogen and oxygen atoms in total. The summed E-state index contributed by atoms with van der Waals surface area (Å²) in [7, 11) is 1.58. The van der Waals surface area contributed by atoms with E-state index in [1.807, 2.05) is 6.07 Å². The van der Waals surface area contributed by atoms with Gasteiger partial charge in [-0.1, -0.05) is 19.9 Å². The predicted molar refractivity (Wildman–Crippen MR) is 77.0 cm³/mol. The number of ether oxygens (including phenoxy) is 1. The van der Waals surface area contributed by atoms with E-state index in [2.05, 4.69) is 28.8 Å². The van der Waals surface area contributed by atoms with Crippen molar-refractivity contribution in [1.29, 1.82) is 0 Å². The maximum Gasteiger partial charge on any atom is 0.251 e. The van der Waals surface area contributed by atoms with Gasteiger partial charge in [-0.2, -0.15) is 0 Å². The van der Waals surface area contributed by atoms with Crippen LogP contribution < -0.4 is 10.3 Å². The summed E-state index contributed by atoms with van der Waals surface area (Å²) in [5.74, 6) is 1.71. The second-order valence-corrected chi connectivity index (χ2v) is 5.17. The van der Waals surface area contributed by atoms with Gasteiger partial charge < -0.3 is 9.72 Å². The Labute approximate surface area is 118 Å². The van der Waals surface area contributed by atoms with Gasteiger partial charge in [0.05, 0.1) is 7.11 Å². The molecule has 0 aromatic carbocycles. The zero-order chi connectivity index (χ0) is 14.5. The fraction of sp³-hybridized carbons (Fsp3) is 0.400. The molecular formula is C15H19N3O2. The normalized spacial score (nSPS) is 10.8. The summed E-state index contributed by atoms with van der Waals surface area (Å²) in [6, 6.07) is 5.28. The number of nitrogens with one attached hydrogen (secondary N) is 1. The average molecular weight is 273 g/mol. The predicted octanol–water partition coefficient (Wildman–Crippen LogP) is 1.96. The quantitative estimate of drug-likeness (QED) is 0.904. The smallest absolute Gasteiger partial charge is 0.251 e. The highest BCUT2D eigenvalue weighted by Crippen LogP contribution is 2.10. The van der Waals surface area contributed by atoms with Gasteiger partial charge in [-0.3, -0.25) is 4.79 Å². The number of H-pyrrole nitrogens is 1. The number of nitrogens with zero attached hydrogens (tertiary/aromatic N) is 2. The van der Waals surface area contributed by atoms with Crippen molar-refractivity contribution in [1.82, 2.24) is 15.0 Å². The van der Waals surface area contributed by atoms with E-state index in [-0.39, 0.29) is 5.56 Å². The molecule has 0 saturated heterocycles. The van der Waals surface area contributed by atoms with Crippen LogP contribution in [0.15, 0.2) is 29.2 Å². The third kappa shape index (κ3) is 3.91. The minimum absolute atomic E-state index is 0.105. The second kappa shape index (κ2) is 6.32. The van der Waals surface area contributed by atoms with Crippen LogP contribution in [0.1, 0.15) is 30.9 Å². The molecule has 0 aliphatic heterocycles. The third-order valence-corrected chi connectivity index (χ3v) is 2.84. The molecule has 1 N–H and O–H groups in total. The SMILES string of the molecule is COc1ccc(Cc2nc(CC(C)C)cc(=O)[nH]2)cn1. The molecule has 0 amide bonds. The molecule has 106 valence electrons. The summed E-state index contributed by atoms with van der Waals surface area (Å²) in [4.78, 5) is 23.1. The molecule has 0 unspecified atom stereocenters. The number of rotatable bonds is 5. The van der Waals surface area contributed by atoms with E-state index >= 15 is 0 Å². The molecule has 0 atom stereocenters. The minimum atomic E-state index is -0.105. The van der Waals surface area contributed by atoms with Crippen LogP contribution in [0.5, 0.6) is 5.88 Å². The van der Waals surface area contributed by atoms with E-state index in [1.54, 1.807) is 25.4 Å². The van der Waals surface area contributed by atoms with Crippen LogP contribution in [0.3, 0.4) is 0 Å². The Bertz CT molecular complexity index is 618. The van der Waals surface area contributed by atoms with Crippen molar-refractivity contribution in [2.24, 2.45) is 5.92 Å². The third-order valence-electron chi connectivity index (χ3n) is 2.84. The lowest BCUT2D eigenvalue weighted by Crippen LogP contribution is -2.14. The first-order valence-electron chi connectivity index (χ1n) is 6.65. The van der Waals surface area contributed by atoms with Gasteiger partial charge in [-0.25, -0.2) is 9.97 Å². The Morgan fingerprint density at radius 3 is 2.75 bits per heavy atom. The van der Waals surface area contributed by atoms with Gasteiger partial charge in [0.25, 0.3) is 5.56 Å². The Balaban J connectivity index is 2.19. The highest BCUT2D eigenvalue weighted by Gasteiger charge is 2.05. The number of hydrogen-bond donors (Lipinski definition) is 1. The van der Waals surface area contributed by atoms with E-state index < -0.39 is 0 Å². The number of pyridine rings is 1. The highest BCUT2D eigenvalue weighted by atomic mass is 16.5. The average Bonchev–Trinajstić information content (AvgIpc) is 2.38. The van der Waals surface area contributed by atoms with Crippen molar-refractivity contribution < 1.29 is 4.74 Å². The van der Waals surface area contributed by atoms with Gasteiger partial charge in [0.1, 0.15) is 5.82 Å². The summed E-state index contributed by atoms with van der Waals surface area (Å²) in [5, 5.41) is 0. The Hall–Kier alpha value is -2.17. The fourth-order valence-electron chi connectivity index (χ4n) is 2.00. The van der Waals surface area contributed by atoms with Crippen molar-refractivity contribution in [2.75, 3.05) is 7.11 Å². The molecule has 0 aliphatic carbocycles. The van der Waals surface area contributed by atoms with E-state index in [1.165, 1.54) is 0 Å². The molecule has 2 heterocycles. The molecule has 5 heteroatoms. The minimum Gasteiger partial charge on any atom is -0.481 e. The van der Waals surface area contributed by atoms with Crippen LogP contribution in [-0.4, -0.2) is 22.1 Å². The van der Waals surface area contributed by atoms with Gasteiger partial charge >= 0.3 is 0 Å². The zero-order valence-corrected chi connectivity index (χ0v) is 12.0. The van der Waals surface area contributed by atoms with Crippen LogP contribution in [0.25, 0.3) is 0 Å². The monoisotopic (exact) mass is 273 g/mol. The number of aromatic nitrogens is 3. The molecular weight excluding hydrogens is 254 g/mol. The zero-order valence-electron chi connectivity index (χ0n) is 12.0. The molecule has 0 fully saturated rings. The molecule has 2 aromatic rings. The highest BCUT2D eigenvalue weighted by molar-refractivity contribution is 5.21. The van der Waals surface area contributed by atoms with Crippen molar-refractivity contribution in [3.63, 3.8) is 0 Å². The van der Waals surface area contributed by atoms with Crippen LogP contribution in [-0.2, 0) is 12.8 Å². The first kappa shape index (κ1) is 14.2. The van der Waals surface area contributed by atoms with E-state index in [9.17, 15) is 4.79 Å². The molecule has 0 bridgehead atoms. The Kier molecular flexibility index (Phi) is 4.50. The standard InChI is InChI=1S/C15H19N3O2/c1-10(2)6-12-8-14(19)18-13(17-12)7-11-4-5-15(20-3)16-9-11/h4-5,8-10H,6-7H2,1-3H3,(H,17,18,19). The van der Waals surface area contributed by atoms with Gasteiger partial charge in [-0.15, -0.1) is 0 Å². The molecule has 0 saturated carbocycles. The van der Waals surface area contributed by atoms with E-state index in [0.717, 1.165) is 17.7 Å². The Morgan fingerprint density at radius 2 is 2.15 bits per heavy atom. The Morgan fingerprint density at radius 1 is 1.35 bits per heavy atom. The van der Waals surface area contributed by atoms with E-state index in [0.29, 0.717) is 24.0 Å². The molecule has 0 aliphatic rings. The van der Waals surface area contributed by atoms with Crippen LogP contribution in [0.2, 0.25) is 0 Å². The first-order valence-corrected chi connectivity index (χ1v) is 6.65. The van der Waals surface area contributed by atoms with Gasteiger partial charge in [0.2, 0.25) is 5.88 Å². The molecule has 0 spiro atoms. The van der Waals surface area contributed by atoms with Crippen molar-refractivity contribution in [2.45, 2.75) is 26.7 Å². The van der Waals surface area contributed by atoms with Gasteiger partial charge in [0.15, 0.2) is 0 Å². The summed E-state index contributed by atoms with van der Waals surface area (Å²) < 4.78 is 5.02. The summed E-state index contributed by atoms with van der Waals surface area (Å²) in [6.45, 7) is 4.21. The molecule has 2 aromatic heterocycles. The van der Waals surface area contributed by atoms with Gasteiger partial charge in [0, 0.05) is 30.4 Å². The van der Waals surface area contributed by atoms with Crippen LogP contribution >= 0.6 is 0 Å². The van der Waals surface area contributed by atoms with Crippen molar-refractivity contribution >= 4 is 0 Å². The molecule has 2 rings (SSSR count). The topological polar surface area (TPSA) is 67.9 Å². The summed E-state index contributed by atoms with van der Waals surface area (Å²) >= 11 is 0. The lowest BCUT2D eigenvalue weighted by molar-refractivity contribution is 0.397. The lowest BCUT2D eigenvalue weighted by atomic mass is 10.1. The summed E-state index contributed by atoms with van der Waals surface area (Å²) in [5.41, 5.74) is 1.71. The van der Waals surface area contributed by atoms with Crippen LogP contribution in [0.4, 0.5) is 0 Å². The van der Waals surface area contributed by atoms with Crippen molar-refractivity contribution in [3.05, 3.63) is 51.8 Å². The number of aromatic amines is 1. The second-order valence-electron chi connectivity index (χ2n) is 5.17. The fourth-order valence-corrected chi connectivity index (χ4v) is 2.00. The number of methoxy groups -OCH3 is 1. The first-order chi connectivity index (χ1) is 9.56. The van der Waals surface area contributed by atoms with Gasteiger partial charge in [-0.05, 0) is 17.9 Å². The molecule has 0 radical (unpaired) electrons. The summed E-state index contributed by atoms with van der Waals surface area (Å²) in [6.07, 6.45) is 3.09. The lowest BCUT2D eigenvalue weighted by Gasteiger charge is -2.07. The number of hydrogen-bond acceptors (Lipinski definition) is 4. The molecule has 20 heavy (non-hydrogen) atoms. The maximum atomic E-state index is 11.7. The van der Waals surface area contributed by atoms with Crippen molar-refractivity contribution in [3.8, 4) is 5.88 Å². The van der Waals surface area contributed by atoms with E-state index in [4.69, 9.17) is 4.74 Å². The largest absolute Gasteiger partial charge is 0.481 e.